The number of hydrogen-bond donors (Lipinski definition) is 1. The molecule has 0 radical (unpaired) electrons. The molecule has 0 saturated heterocycles. The summed E-state index contributed by atoms with van der Waals surface area (Å²) in [6.45, 7) is 1.75. The van der Waals surface area contributed by atoms with Crippen LogP contribution in [0.5, 0.6) is 0 Å². The fraction of sp³-hybridized carbons (Fsp3) is 0.500. The van der Waals surface area contributed by atoms with E-state index < -0.39 is 0 Å². The summed E-state index contributed by atoms with van der Waals surface area (Å²) in [5, 5.41) is 9.68. The molecule has 0 heterocycles. The van der Waals surface area contributed by atoms with E-state index in [2.05, 4.69) is 0 Å². The fourth-order valence-corrected chi connectivity index (χ4v) is 2.17. The van der Waals surface area contributed by atoms with Crippen LogP contribution in [0.25, 0.3) is 0 Å². The summed E-state index contributed by atoms with van der Waals surface area (Å²) in [6.07, 6.45) is 2.59. The first-order valence-corrected chi connectivity index (χ1v) is 5.12. The van der Waals surface area contributed by atoms with Crippen LogP contribution < -0.4 is 0 Å². The van der Waals surface area contributed by atoms with Crippen molar-refractivity contribution in [1.29, 1.82) is 0 Å². The van der Waals surface area contributed by atoms with E-state index in [9.17, 15) is 9.50 Å². The number of halogens is 1. The zero-order valence-electron chi connectivity index (χ0n) is 8.33. The molecular formula is C12H15FO. The van der Waals surface area contributed by atoms with Crippen molar-refractivity contribution in [3.05, 3.63) is 35.1 Å². The molecule has 1 aliphatic rings. The lowest BCUT2D eigenvalue weighted by molar-refractivity contribution is 0.163. The third-order valence-corrected chi connectivity index (χ3v) is 3.10. The number of hydrogen-bond acceptors (Lipinski definition) is 1. The Morgan fingerprint density at radius 2 is 2.14 bits per heavy atom. The third-order valence-electron chi connectivity index (χ3n) is 3.10. The minimum absolute atomic E-state index is 0.144. The molecule has 14 heavy (non-hydrogen) atoms. The maximum atomic E-state index is 13.3. The number of rotatable bonds is 1. The van der Waals surface area contributed by atoms with E-state index in [4.69, 9.17) is 0 Å². The van der Waals surface area contributed by atoms with Gasteiger partial charge in [-0.25, -0.2) is 4.39 Å². The summed E-state index contributed by atoms with van der Waals surface area (Å²) >= 11 is 0. The van der Waals surface area contributed by atoms with Gasteiger partial charge in [0, 0.05) is 5.92 Å². The summed E-state index contributed by atoms with van der Waals surface area (Å²) in [5.74, 6) is -0.0216. The average molecular weight is 194 g/mol. The van der Waals surface area contributed by atoms with Crippen LogP contribution in [0.1, 0.15) is 36.3 Å². The monoisotopic (exact) mass is 194 g/mol. The highest BCUT2D eigenvalue weighted by atomic mass is 19.1. The number of aliphatic hydroxyl groups is 1. The van der Waals surface area contributed by atoms with Crippen molar-refractivity contribution in [3.63, 3.8) is 0 Å². The Balaban J connectivity index is 2.28. The Hall–Kier alpha value is -0.890. The molecule has 0 amide bonds. The van der Waals surface area contributed by atoms with Crippen LogP contribution in [-0.4, -0.2) is 11.2 Å². The Kier molecular flexibility index (Phi) is 2.55. The molecule has 0 unspecified atom stereocenters. The Morgan fingerprint density at radius 1 is 1.36 bits per heavy atom. The molecule has 2 rings (SSSR count). The summed E-state index contributed by atoms with van der Waals surface area (Å²) in [7, 11) is 0. The smallest absolute Gasteiger partial charge is 0.126 e. The van der Waals surface area contributed by atoms with Gasteiger partial charge in [-0.15, -0.1) is 0 Å². The van der Waals surface area contributed by atoms with Gasteiger partial charge in [0.2, 0.25) is 0 Å². The van der Waals surface area contributed by atoms with Gasteiger partial charge in [-0.3, -0.25) is 0 Å². The first kappa shape index (κ1) is 9.66. The fourth-order valence-electron chi connectivity index (χ4n) is 2.17. The third kappa shape index (κ3) is 1.67. The van der Waals surface area contributed by atoms with Gasteiger partial charge < -0.3 is 5.11 Å². The lowest BCUT2D eigenvalue weighted by Gasteiger charge is -2.15. The number of benzene rings is 1. The summed E-state index contributed by atoms with van der Waals surface area (Å²) in [4.78, 5) is 0. The maximum absolute atomic E-state index is 13.3. The van der Waals surface area contributed by atoms with Gasteiger partial charge in [0.15, 0.2) is 0 Å². The normalized spacial score (nSPS) is 26.8. The molecular weight excluding hydrogens is 179 g/mol. The van der Waals surface area contributed by atoms with E-state index in [1.807, 2.05) is 6.07 Å². The summed E-state index contributed by atoms with van der Waals surface area (Å²) in [6, 6.07) is 5.28. The maximum Gasteiger partial charge on any atom is 0.126 e. The van der Waals surface area contributed by atoms with E-state index in [1.165, 1.54) is 0 Å². The molecule has 1 aromatic rings. The highest BCUT2D eigenvalue weighted by molar-refractivity contribution is 5.27. The van der Waals surface area contributed by atoms with Crippen molar-refractivity contribution in [2.45, 2.75) is 38.2 Å². The molecule has 2 heteroatoms. The summed E-state index contributed by atoms with van der Waals surface area (Å²) < 4.78 is 13.3. The van der Waals surface area contributed by atoms with Crippen LogP contribution >= 0.6 is 0 Å². The standard InChI is InChI=1S/C12H15FO/c1-8-5-6-9(7-11(8)13)10-3-2-4-12(10)14/h5-7,10,12,14H,2-4H2,1H3/t10-,12-/m1/s1. The van der Waals surface area contributed by atoms with Gasteiger partial charge >= 0.3 is 0 Å². The lowest BCUT2D eigenvalue weighted by atomic mass is 9.95. The van der Waals surface area contributed by atoms with Gasteiger partial charge in [0.1, 0.15) is 5.82 Å². The van der Waals surface area contributed by atoms with Crippen LogP contribution in [0.4, 0.5) is 4.39 Å². The van der Waals surface area contributed by atoms with Gasteiger partial charge in [0.25, 0.3) is 0 Å². The highest BCUT2D eigenvalue weighted by Gasteiger charge is 2.26. The van der Waals surface area contributed by atoms with E-state index in [-0.39, 0.29) is 17.8 Å². The van der Waals surface area contributed by atoms with Crippen LogP contribution in [0.2, 0.25) is 0 Å². The zero-order chi connectivity index (χ0) is 10.1. The second-order valence-electron chi connectivity index (χ2n) is 4.11. The van der Waals surface area contributed by atoms with Crippen molar-refractivity contribution < 1.29 is 9.50 Å². The van der Waals surface area contributed by atoms with Gasteiger partial charge in [-0.2, -0.15) is 0 Å². The second-order valence-corrected chi connectivity index (χ2v) is 4.11. The van der Waals surface area contributed by atoms with E-state index in [0.717, 1.165) is 24.8 Å². The van der Waals surface area contributed by atoms with Crippen molar-refractivity contribution in [2.75, 3.05) is 0 Å². The van der Waals surface area contributed by atoms with Gasteiger partial charge in [-0.05, 0) is 37.0 Å². The highest BCUT2D eigenvalue weighted by Crippen LogP contribution is 2.34. The molecule has 76 valence electrons. The number of aryl methyl sites for hydroxylation is 1. The first-order valence-electron chi connectivity index (χ1n) is 5.12. The Labute approximate surface area is 83.6 Å². The largest absolute Gasteiger partial charge is 0.392 e. The molecule has 1 aromatic carbocycles. The predicted octanol–water partition coefficient (Wildman–Crippen LogP) is 2.76. The van der Waals surface area contributed by atoms with Crippen LogP contribution in [0, 0.1) is 12.7 Å². The molecule has 0 aliphatic heterocycles. The van der Waals surface area contributed by atoms with Crippen molar-refractivity contribution >= 4 is 0 Å². The van der Waals surface area contributed by atoms with Crippen molar-refractivity contribution in [3.8, 4) is 0 Å². The Bertz CT molecular complexity index is 335. The molecule has 0 bridgehead atoms. The quantitative estimate of drug-likeness (QED) is 0.728. The SMILES string of the molecule is Cc1ccc([C@H]2CCC[C@H]2O)cc1F. The molecule has 0 spiro atoms. The minimum Gasteiger partial charge on any atom is -0.392 e. The molecule has 2 atom stereocenters. The lowest BCUT2D eigenvalue weighted by Crippen LogP contribution is -2.11. The van der Waals surface area contributed by atoms with Gasteiger partial charge in [-0.1, -0.05) is 18.6 Å². The van der Waals surface area contributed by atoms with E-state index in [0.29, 0.717) is 5.56 Å². The van der Waals surface area contributed by atoms with Crippen molar-refractivity contribution in [2.24, 2.45) is 0 Å². The minimum atomic E-state index is -0.280. The molecule has 1 aliphatic carbocycles. The van der Waals surface area contributed by atoms with E-state index in [1.54, 1.807) is 19.1 Å². The van der Waals surface area contributed by atoms with Gasteiger partial charge in [0.05, 0.1) is 6.10 Å². The summed E-state index contributed by atoms with van der Waals surface area (Å²) in [5.41, 5.74) is 1.61. The molecule has 0 aromatic heterocycles. The molecule has 1 N–H and O–H groups in total. The van der Waals surface area contributed by atoms with Crippen LogP contribution in [-0.2, 0) is 0 Å². The molecule has 1 nitrogen and oxygen atoms in total. The van der Waals surface area contributed by atoms with E-state index >= 15 is 0 Å². The second kappa shape index (κ2) is 3.70. The zero-order valence-corrected chi connectivity index (χ0v) is 8.33. The topological polar surface area (TPSA) is 20.2 Å². The molecule has 1 saturated carbocycles. The van der Waals surface area contributed by atoms with Crippen molar-refractivity contribution in [1.82, 2.24) is 0 Å². The number of aliphatic hydroxyl groups excluding tert-OH is 1. The first-order chi connectivity index (χ1) is 6.68. The Morgan fingerprint density at radius 3 is 2.71 bits per heavy atom. The van der Waals surface area contributed by atoms with Crippen LogP contribution in [0.3, 0.4) is 0 Å². The van der Waals surface area contributed by atoms with Crippen LogP contribution in [0.15, 0.2) is 18.2 Å². The predicted molar refractivity (Wildman–Crippen MR) is 53.7 cm³/mol. The average Bonchev–Trinajstić information content (AvgIpc) is 2.57. The molecule has 1 fully saturated rings.